The first kappa shape index (κ1) is 21.5. The van der Waals surface area contributed by atoms with Crippen molar-refractivity contribution in [2.24, 2.45) is 7.05 Å². The quantitative estimate of drug-likeness (QED) is 0.562. The molecule has 0 amide bonds. The van der Waals surface area contributed by atoms with E-state index in [1.807, 2.05) is 18.2 Å². The molecule has 2 aromatic carbocycles. The van der Waals surface area contributed by atoms with Gasteiger partial charge in [0, 0.05) is 7.05 Å². The van der Waals surface area contributed by atoms with Crippen LogP contribution in [0.1, 0.15) is 18.2 Å². The molecule has 1 aromatic heterocycles. The molecule has 0 spiro atoms. The molecule has 0 aliphatic carbocycles. The highest BCUT2D eigenvalue weighted by Crippen LogP contribution is 2.27. The van der Waals surface area contributed by atoms with Crippen LogP contribution in [0.5, 0.6) is 0 Å². The Bertz CT molecular complexity index is 1200. The summed E-state index contributed by atoms with van der Waals surface area (Å²) in [6.07, 6.45) is 0. The van der Waals surface area contributed by atoms with Gasteiger partial charge in [-0.1, -0.05) is 47.5 Å². The maximum absolute atomic E-state index is 13.3. The second-order valence-corrected chi connectivity index (χ2v) is 9.56. The van der Waals surface area contributed by atoms with Crippen molar-refractivity contribution in [1.82, 2.24) is 9.36 Å². The van der Waals surface area contributed by atoms with Crippen LogP contribution in [0.15, 0.2) is 53.3 Å². The van der Waals surface area contributed by atoms with Crippen LogP contribution in [0, 0.1) is 6.92 Å². The lowest BCUT2D eigenvalue weighted by molar-refractivity contribution is 0.591. The van der Waals surface area contributed by atoms with E-state index < -0.39 is 15.6 Å². The Kier molecular flexibility index (Phi) is 6.12. The van der Waals surface area contributed by atoms with Gasteiger partial charge in [-0.3, -0.25) is 13.8 Å². The Morgan fingerprint density at radius 1 is 1.03 bits per heavy atom. The van der Waals surface area contributed by atoms with Crippen molar-refractivity contribution in [2.75, 3.05) is 10.1 Å². The molecule has 0 atom stereocenters. The Hall–Kier alpha value is -2.22. The molecule has 9 heteroatoms. The Labute approximate surface area is 179 Å². The molecule has 0 N–H and O–H groups in total. The number of aromatic nitrogens is 2. The highest BCUT2D eigenvalue weighted by Gasteiger charge is 2.29. The average molecular weight is 454 g/mol. The third-order valence-corrected chi connectivity index (χ3v) is 7.24. The third kappa shape index (κ3) is 4.08. The van der Waals surface area contributed by atoms with E-state index in [9.17, 15) is 13.2 Å². The zero-order chi connectivity index (χ0) is 21.3. The summed E-state index contributed by atoms with van der Waals surface area (Å²) in [6.45, 7) is 3.25. The van der Waals surface area contributed by atoms with E-state index in [1.165, 1.54) is 4.68 Å². The van der Waals surface area contributed by atoms with Gasteiger partial charge in [0.15, 0.2) is 0 Å². The van der Waals surface area contributed by atoms with Crippen molar-refractivity contribution in [1.29, 1.82) is 0 Å². The predicted molar refractivity (Wildman–Crippen MR) is 118 cm³/mol. The zero-order valence-corrected chi connectivity index (χ0v) is 18.6. The summed E-state index contributed by atoms with van der Waals surface area (Å²) in [7, 11) is -2.01. The molecule has 3 aromatic rings. The number of hydrogen-bond donors (Lipinski definition) is 0. The molecule has 3 rings (SSSR count). The molecular weight excluding hydrogens is 433 g/mol. The number of sulfonamides is 1. The van der Waals surface area contributed by atoms with Gasteiger partial charge in [0.25, 0.3) is 5.56 Å². The highest BCUT2D eigenvalue weighted by atomic mass is 35.5. The van der Waals surface area contributed by atoms with Crippen LogP contribution in [0.25, 0.3) is 5.69 Å². The lowest BCUT2D eigenvalue weighted by Gasteiger charge is -2.23. The Morgan fingerprint density at radius 2 is 1.69 bits per heavy atom. The normalized spacial score (nSPS) is 11.6. The van der Waals surface area contributed by atoms with Gasteiger partial charge in [-0.25, -0.2) is 13.1 Å². The van der Waals surface area contributed by atoms with Crippen LogP contribution in [-0.2, 0) is 23.6 Å². The number of halogens is 2. The minimum absolute atomic E-state index is 0.0258. The maximum Gasteiger partial charge on any atom is 0.296 e. The van der Waals surface area contributed by atoms with Crippen LogP contribution in [0.2, 0.25) is 10.0 Å². The molecule has 0 saturated heterocycles. The fraction of sp³-hybridized carbons (Fsp3) is 0.250. The third-order valence-electron chi connectivity index (χ3n) is 4.78. The molecule has 0 bridgehead atoms. The number of benzene rings is 2. The number of nitrogens with zero attached hydrogens (tertiary/aromatic N) is 3. The molecule has 0 radical (unpaired) electrons. The van der Waals surface area contributed by atoms with Gasteiger partial charge in [-0.05, 0) is 43.7 Å². The molecule has 154 valence electrons. The van der Waals surface area contributed by atoms with E-state index in [0.29, 0.717) is 27.0 Å². The van der Waals surface area contributed by atoms with E-state index in [0.717, 1.165) is 4.31 Å². The molecule has 6 nitrogen and oxygen atoms in total. The maximum atomic E-state index is 13.3. The summed E-state index contributed by atoms with van der Waals surface area (Å²) in [5.74, 6) is -0.145. The second kappa shape index (κ2) is 8.26. The van der Waals surface area contributed by atoms with E-state index in [1.54, 1.807) is 55.9 Å². The smallest absolute Gasteiger partial charge is 0.283 e. The highest BCUT2D eigenvalue weighted by molar-refractivity contribution is 7.92. The largest absolute Gasteiger partial charge is 0.296 e. The van der Waals surface area contributed by atoms with Crippen LogP contribution in [-0.4, -0.2) is 23.5 Å². The summed E-state index contributed by atoms with van der Waals surface area (Å²) in [5, 5.41) is 0.701. The van der Waals surface area contributed by atoms with Crippen LogP contribution >= 0.6 is 23.2 Å². The molecule has 0 saturated carbocycles. The second-order valence-electron chi connectivity index (χ2n) is 6.57. The topological polar surface area (TPSA) is 64.3 Å². The van der Waals surface area contributed by atoms with Gasteiger partial charge in [0.2, 0.25) is 10.0 Å². The van der Waals surface area contributed by atoms with Crippen molar-refractivity contribution in [3.63, 3.8) is 0 Å². The molecular formula is C20H21Cl2N3O3S. The van der Waals surface area contributed by atoms with Crippen LogP contribution in [0.4, 0.5) is 5.69 Å². The van der Waals surface area contributed by atoms with Crippen molar-refractivity contribution < 1.29 is 8.42 Å². The molecule has 0 aliphatic rings. The van der Waals surface area contributed by atoms with E-state index in [-0.39, 0.29) is 18.0 Å². The Balaban J connectivity index is 2.19. The SMILES string of the molecule is CCS(=O)(=O)N(Cc1ccc(Cl)c(Cl)c1)c1c(C)n(C)n(-c2ccccc2)c1=O. The molecule has 29 heavy (non-hydrogen) atoms. The van der Waals surface area contributed by atoms with Gasteiger partial charge in [-0.2, -0.15) is 0 Å². The fourth-order valence-electron chi connectivity index (χ4n) is 3.12. The minimum atomic E-state index is -3.73. The monoisotopic (exact) mass is 453 g/mol. The van der Waals surface area contributed by atoms with Gasteiger partial charge in [0.05, 0.1) is 33.7 Å². The van der Waals surface area contributed by atoms with Gasteiger partial charge < -0.3 is 0 Å². The Morgan fingerprint density at radius 3 is 2.28 bits per heavy atom. The van der Waals surface area contributed by atoms with Crippen molar-refractivity contribution >= 4 is 38.9 Å². The van der Waals surface area contributed by atoms with Gasteiger partial charge in [0.1, 0.15) is 5.69 Å². The number of anilines is 1. The van der Waals surface area contributed by atoms with Gasteiger partial charge >= 0.3 is 0 Å². The van der Waals surface area contributed by atoms with Crippen molar-refractivity contribution in [3.05, 3.63) is 80.2 Å². The molecule has 0 aliphatic heterocycles. The van der Waals surface area contributed by atoms with Gasteiger partial charge in [-0.15, -0.1) is 0 Å². The zero-order valence-electron chi connectivity index (χ0n) is 16.3. The summed E-state index contributed by atoms with van der Waals surface area (Å²) in [4.78, 5) is 13.3. The minimum Gasteiger partial charge on any atom is -0.283 e. The molecule has 1 heterocycles. The van der Waals surface area contributed by atoms with E-state index in [2.05, 4.69) is 0 Å². The lowest BCUT2D eigenvalue weighted by atomic mass is 10.2. The summed E-state index contributed by atoms with van der Waals surface area (Å²) >= 11 is 12.1. The first-order valence-corrected chi connectivity index (χ1v) is 11.3. The first-order valence-electron chi connectivity index (χ1n) is 8.95. The lowest BCUT2D eigenvalue weighted by Crippen LogP contribution is -2.36. The van der Waals surface area contributed by atoms with E-state index >= 15 is 0 Å². The van der Waals surface area contributed by atoms with Crippen LogP contribution < -0.4 is 9.86 Å². The summed E-state index contributed by atoms with van der Waals surface area (Å²) in [5.41, 5.74) is 1.52. The average Bonchev–Trinajstić information content (AvgIpc) is 2.92. The number of hydrogen-bond acceptors (Lipinski definition) is 3. The number of rotatable bonds is 6. The number of para-hydroxylation sites is 1. The summed E-state index contributed by atoms with van der Waals surface area (Å²) in [6, 6.07) is 14.0. The molecule has 0 fully saturated rings. The fourth-order valence-corrected chi connectivity index (χ4v) is 4.58. The molecule has 0 unspecified atom stereocenters. The van der Waals surface area contributed by atoms with Crippen molar-refractivity contribution in [3.8, 4) is 5.69 Å². The van der Waals surface area contributed by atoms with Crippen molar-refractivity contribution in [2.45, 2.75) is 20.4 Å². The first-order chi connectivity index (χ1) is 13.7. The van der Waals surface area contributed by atoms with Crippen LogP contribution in [0.3, 0.4) is 0 Å². The van der Waals surface area contributed by atoms with E-state index in [4.69, 9.17) is 23.2 Å². The predicted octanol–water partition coefficient (Wildman–Crippen LogP) is 4.15. The summed E-state index contributed by atoms with van der Waals surface area (Å²) < 4.78 is 30.1. The standard InChI is InChI=1S/C20H21Cl2N3O3S/c1-4-29(27,28)24(13-15-10-11-17(21)18(22)12-15)19-14(2)23(3)25(20(19)26)16-8-6-5-7-9-16/h5-12H,4,13H2,1-3H3.